The van der Waals surface area contributed by atoms with Crippen LogP contribution in [0.4, 0.5) is 0 Å². The van der Waals surface area contributed by atoms with Crippen molar-refractivity contribution in [3.8, 4) is 5.75 Å². The molecular weight excluding hydrogens is 328 g/mol. The third-order valence-corrected chi connectivity index (χ3v) is 4.04. The van der Waals surface area contributed by atoms with Crippen molar-refractivity contribution in [2.75, 3.05) is 0 Å². The van der Waals surface area contributed by atoms with Crippen LogP contribution in [0, 0.1) is 6.92 Å². The molecular formula is C17H19BrN2O. The highest BCUT2D eigenvalue weighted by molar-refractivity contribution is 9.10. The lowest BCUT2D eigenvalue weighted by molar-refractivity contribution is 0.300. The lowest BCUT2D eigenvalue weighted by Gasteiger charge is -2.12. The van der Waals surface area contributed by atoms with Crippen LogP contribution in [0.15, 0.2) is 40.9 Å². The maximum absolute atomic E-state index is 5.95. The van der Waals surface area contributed by atoms with Crippen molar-refractivity contribution >= 4 is 15.9 Å². The molecule has 1 aliphatic carbocycles. The molecule has 0 saturated heterocycles. The van der Waals surface area contributed by atoms with E-state index in [2.05, 4.69) is 38.4 Å². The number of benzene rings is 1. The lowest BCUT2D eigenvalue weighted by Crippen LogP contribution is -2.17. The summed E-state index contributed by atoms with van der Waals surface area (Å²) in [4.78, 5) is 4.60. The highest BCUT2D eigenvalue weighted by Gasteiger charge is 2.21. The number of hydrogen-bond donors (Lipinski definition) is 1. The van der Waals surface area contributed by atoms with Gasteiger partial charge in [-0.25, -0.2) is 0 Å². The SMILES string of the molecule is Cc1ccc(OCc2ccc(Br)cc2)c(CNC2CC2)n1. The molecule has 4 heteroatoms. The van der Waals surface area contributed by atoms with Crippen molar-refractivity contribution in [2.24, 2.45) is 0 Å². The summed E-state index contributed by atoms with van der Waals surface area (Å²) in [6.07, 6.45) is 2.56. The van der Waals surface area contributed by atoms with Crippen molar-refractivity contribution in [3.05, 3.63) is 57.8 Å². The molecule has 3 rings (SSSR count). The van der Waals surface area contributed by atoms with Crippen LogP contribution >= 0.6 is 15.9 Å². The fourth-order valence-corrected chi connectivity index (χ4v) is 2.39. The van der Waals surface area contributed by atoms with Gasteiger partial charge in [-0.1, -0.05) is 28.1 Å². The van der Waals surface area contributed by atoms with E-state index in [1.807, 2.05) is 31.2 Å². The summed E-state index contributed by atoms with van der Waals surface area (Å²) in [7, 11) is 0. The van der Waals surface area contributed by atoms with Crippen LogP contribution in [0.1, 0.15) is 29.8 Å². The van der Waals surface area contributed by atoms with Gasteiger partial charge >= 0.3 is 0 Å². The fourth-order valence-electron chi connectivity index (χ4n) is 2.13. The van der Waals surface area contributed by atoms with Gasteiger partial charge in [0.15, 0.2) is 0 Å². The van der Waals surface area contributed by atoms with Crippen LogP contribution in [-0.4, -0.2) is 11.0 Å². The van der Waals surface area contributed by atoms with E-state index in [0.29, 0.717) is 12.6 Å². The quantitative estimate of drug-likeness (QED) is 0.858. The highest BCUT2D eigenvalue weighted by Crippen LogP contribution is 2.23. The Bertz CT molecular complexity index is 609. The van der Waals surface area contributed by atoms with Gasteiger partial charge in [0, 0.05) is 22.8 Å². The smallest absolute Gasteiger partial charge is 0.142 e. The van der Waals surface area contributed by atoms with Gasteiger partial charge in [0.1, 0.15) is 12.4 Å². The Morgan fingerprint density at radius 2 is 1.95 bits per heavy atom. The van der Waals surface area contributed by atoms with E-state index in [1.165, 1.54) is 12.8 Å². The summed E-state index contributed by atoms with van der Waals surface area (Å²) in [5.41, 5.74) is 3.18. The molecule has 21 heavy (non-hydrogen) atoms. The summed E-state index contributed by atoms with van der Waals surface area (Å²) >= 11 is 3.44. The highest BCUT2D eigenvalue weighted by atomic mass is 79.9. The van der Waals surface area contributed by atoms with Gasteiger partial charge in [-0.3, -0.25) is 4.98 Å². The molecule has 1 aromatic carbocycles. The molecule has 0 bridgehead atoms. The monoisotopic (exact) mass is 346 g/mol. The van der Waals surface area contributed by atoms with Crippen LogP contribution in [-0.2, 0) is 13.2 Å². The first kappa shape index (κ1) is 14.5. The maximum atomic E-state index is 5.95. The number of halogens is 1. The Labute approximate surface area is 133 Å². The van der Waals surface area contributed by atoms with E-state index in [1.54, 1.807) is 0 Å². The average Bonchev–Trinajstić information content (AvgIpc) is 3.30. The molecule has 3 nitrogen and oxygen atoms in total. The molecule has 2 aromatic rings. The van der Waals surface area contributed by atoms with Crippen LogP contribution in [0.5, 0.6) is 5.75 Å². The third kappa shape index (κ3) is 4.29. The second-order valence-corrected chi connectivity index (χ2v) is 6.38. The zero-order chi connectivity index (χ0) is 14.7. The van der Waals surface area contributed by atoms with Gasteiger partial charge in [-0.15, -0.1) is 0 Å². The summed E-state index contributed by atoms with van der Waals surface area (Å²) < 4.78 is 7.03. The standard InChI is InChI=1S/C17H19BrN2O/c1-12-2-9-17(16(20-12)10-19-15-7-8-15)21-11-13-3-5-14(18)6-4-13/h2-6,9,15,19H,7-8,10-11H2,1H3. The Morgan fingerprint density at radius 1 is 1.19 bits per heavy atom. The Hall–Kier alpha value is -1.39. The van der Waals surface area contributed by atoms with Crippen LogP contribution in [0.3, 0.4) is 0 Å². The zero-order valence-corrected chi connectivity index (χ0v) is 13.7. The number of nitrogens with one attached hydrogen (secondary N) is 1. The minimum absolute atomic E-state index is 0.564. The van der Waals surface area contributed by atoms with Crippen molar-refractivity contribution < 1.29 is 4.74 Å². The second-order valence-electron chi connectivity index (χ2n) is 5.47. The van der Waals surface area contributed by atoms with Crippen molar-refractivity contribution in [1.82, 2.24) is 10.3 Å². The topological polar surface area (TPSA) is 34.1 Å². The molecule has 1 saturated carbocycles. The second kappa shape index (κ2) is 6.58. The molecule has 1 heterocycles. The van der Waals surface area contributed by atoms with E-state index in [4.69, 9.17) is 4.74 Å². The zero-order valence-electron chi connectivity index (χ0n) is 12.1. The van der Waals surface area contributed by atoms with E-state index in [-0.39, 0.29) is 0 Å². The van der Waals surface area contributed by atoms with E-state index in [0.717, 1.165) is 33.7 Å². The Kier molecular flexibility index (Phi) is 4.56. The van der Waals surface area contributed by atoms with Gasteiger partial charge in [-0.2, -0.15) is 0 Å². The molecule has 0 atom stereocenters. The lowest BCUT2D eigenvalue weighted by atomic mass is 10.2. The number of rotatable bonds is 6. The number of pyridine rings is 1. The van der Waals surface area contributed by atoms with Gasteiger partial charge < -0.3 is 10.1 Å². The normalized spacial score (nSPS) is 14.2. The average molecular weight is 347 g/mol. The van der Waals surface area contributed by atoms with Crippen LogP contribution < -0.4 is 10.1 Å². The molecule has 0 unspecified atom stereocenters. The molecule has 110 valence electrons. The van der Waals surface area contributed by atoms with Crippen molar-refractivity contribution in [3.63, 3.8) is 0 Å². The first-order chi connectivity index (χ1) is 10.2. The van der Waals surface area contributed by atoms with Crippen LogP contribution in [0.25, 0.3) is 0 Å². The summed E-state index contributed by atoms with van der Waals surface area (Å²) in [5, 5.41) is 3.50. The summed E-state index contributed by atoms with van der Waals surface area (Å²) in [6.45, 7) is 3.36. The van der Waals surface area contributed by atoms with Gasteiger partial charge in [0.25, 0.3) is 0 Å². The van der Waals surface area contributed by atoms with Crippen molar-refractivity contribution in [2.45, 2.75) is 39.0 Å². The summed E-state index contributed by atoms with van der Waals surface area (Å²) in [6, 6.07) is 12.9. The fraction of sp³-hybridized carbons (Fsp3) is 0.353. The number of nitrogens with zero attached hydrogens (tertiary/aromatic N) is 1. The van der Waals surface area contributed by atoms with E-state index >= 15 is 0 Å². The van der Waals surface area contributed by atoms with Crippen molar-refractivity contribution in [1.29, 1.82) is 0 Å². The maximum Gasteiger partial charge on any atom is 0.142 e. The molecule has 0 aliphatic heterocycles. The number of aromatic nitrogens is 1. The molecule has 1 aliphatic rings. The first-order valence-electron chi connectivity index (χ1n) is 7.28. The summed E-state index contributed by atoms with van der Waals surface area (Å²) in [5.74, 6) is 0.872. The largest absolute Gasteiger partial charge is 0.487 e. The molecule has 0 spiro atoms. The Morgan fingerprint density at radius 3 is 2.67 bits per heavy atom. The molecule has 1 aromatic heterocycles. The predicted molar refractivity (Wildman–Crippen MR) is 87.3 cm³/mol. The van der Waals surface area contributed by atoms with Gasteiger partial charge in [0.05, 0.1) is 5.69 Å². The number of ether oxygens (including phenoxy) is 1. The molecule has 1 fully saturated rings. The van der Waals surface area contributed by atoms with E-state index in [9.17, 15) is 0 Å². The minimum Gasteiger partial charge on any atom is -0.487 e. The van der Waals surface area contributed by atoms with Gasteiger partial charge in [0.2, 0.25) is 0 Å². The number of hydrogen-bond acceptors (Lipinski definition) is 3. The first-order valence-corrected chi connectivity index (χ1v) is 8.07. The minimum atomic E-state index is 0.564. The predicted octanol–water partition coefficient (Wildman–Crippen LogP) is 3.98. The Balaban J connectivity index is 1.66. The molecule has 1 N–H and O–H groups in total. The molecule has 0 radical (unpaired) electrons. The van der Waals surface area contributed by atoms with E-state index < -0.39 is 0 Å². The third-order valence-electron chi connectivity index (χ3n) is 3.51. The molecule has 0 amide bonds. The number of aryl methyl sites for hydroxylation is 1. The van der Waals surface area contributed by atoms with Gasteiger partial charge in [-0.05, 0) is 49.6 Å². The van der Waals surface area contributed by atoms with Crippen LogP contribution in [0.2, 0.25) is 0 Å².